The number of benzene rings is 2. The molecule has 3 aromatic rings. The lowest BCUT2D eigenvalue weighted by molar-refractivity contribution is 0.0377. The zero-order chi connectivity index (χ0) is 21.3. The lowest BCUT2D eigenvalue weighted by Gasteiger charge is -2.29. The summed E-state index contributed by atoms with van der Waals surface area (Å²) in [5.41, 5.74) is 2.38. The third-order valence-electron chi connectivity index (χ3n) is 5.35. The molecule has 0 aliphatic carbocycles. The fourth-order valence-electron chi connectivity index (χ4n) is 3.74. The van der Waals surface area contributed by atoms with Crippen molar-refractivity contribution in [3.05, 3.63) is 84.6 Å². The van der Waals surface area contributed by atoms with E-state index < -0.39 is 0 Å². The Hall–Kier alpha value is -3.22. The molecule has 31 heavy (non-hydrogen) atoms. The topological polar surface area (TPSA) is 57.7 Å². The second-order valence-electron chi connectivity index (χ2n) is 7.49. The van der Waals surface area contributed by atoms with Crippen molar-refractivity contribution in [3.8, 4) is 0 Å². The van der Waals surface area contributed by atoms with Gasteiger partial charge in [-0.15, -0.1) is 0 Å². The van der Waals surface area contributed by atoms with E-state index in [9.17, 15) is 4.79 Å². The molecule has 160 valence electrons. The summed E-state index contributed by atoms with van der Waals surface area (Å²) in [5, 5.41) is 3.05. The van der Waals surface area contributed by atoms with Crippen molar-refractivity contribution in [2.45, 2.75) is 6.42 Å². The molecule has 6 nitrogen and oxygen atoms in total. The molecule has 4 rings (SSSR count). The highest BCUT2D eigenvalue weighted by atomic mass is 16.5. The molecule has 0 atom stereocenters. The van der Waals surface area contributed by atoms with Crippen molar-refractivity contribution in [2.24, 2.45) is 0 Å². The highest BCUT2D eigenvalue weighted by Gasteiger charge is 2.18. The monoisotopic (exact) mass is 416 g/mol. The number of hydrogen-bond donors (Lipinski definition) is 1. The predicted molar refractivity (Wildman–Crippen MR) is 124 cm³/mol. The van der Waals surface area contributed by atoms with Crippen LogP contribution in [0.3, 0.4) is 0 Å². The molecule has 2 heterocycles. The van der Waals surface area contributed by atoms with Gasteiger partial charge in [0.2, 0.25) is 0 Å². The van der Waals surface area contributed by atoms with Crippen LogP contribution in [0.15, 0.2) is 79.0 Å². The molecule has 1 amide bonds. The van der Waals surface area contributed by atoms with E-state index in [1.54, 1.807) is 6.20 Å². The number of hydrogen-bond acceptors (Lipinski definition) is 5. The number of para-hydroxylation sites is 1. The summed E-state index contributed by atoms with van der Waals surface area (Å²) < 4.78 is 5.45. The normalized spacial score (nSPS) is 14.2. The first-order chi connectivity index (χ1) is 15.3. The first-order valence-electron chi connectivity index (χ1n) is 10.8. The maximum absolute atomic E-state index is 12.8. The number of ether oxygens (including phenoxy) is 1. The Labute approximate surface area is 183 Å². The Morgan fingerprint density at radius 2 is 1.68 bits per heavy atom. The predicted octanol–water partition coefficient (Wildman–Crippen LogP) is 4.19. The molecule has 1 saturated heterocycles. The van der Waals surface area contributed by atoms with Crippen LogP contribution >= 0.6 is 0 Å². The van der Waals surface area contributed by atoms with Gasteiger partial charge in [0.15, 0.2) is 5.82 Å². The van der Waals surface area contributed by atoms with E-state index >= 15 is 0 Å². The van der Waals surface area contributed by atoms with Gasteiger partial charge < -0.3 is 15.0 Å². The number of carbonyl (C=O) groups is 1. The SMILES string of the molecule is O=C(Nc1cccnc1N(CCCN1CCOCC1)c1ccccc1)c1ccccc1. The van der Waals surface area contributed by atoms with Gasteiger partial charge in [-0.25, -0.2) is 4.98 Å². The molecule has 1 aromatic heterocycles. The van der Waals surface area contributed by atoms with E-state index in [0.29, 0.717) is 11.3 Å². The molecule has 1 N–H and O–H groups in total. The van der Waals surface area contributed by atoms with Crippen molar-refractivity contribution in [1.82, 2.24) is 9.88 Å². The Morgan fingerprint density at radius 1 is 0.968 bits per heavy atom. The van der Waals surface area contributed by atoms with Crippen molar-refractivity contribution in [1.29, 1.82) is 0 Å². The minimum Gasteiger partial charge on any atom is -0.379 e. The summed E-state index contributed by atoms with van der Waals surface area (Å²) >= 11 is 0. The second kappa shape index (κ2) is 10.7. The fourth-order valence-corrected chi connectivity index (χ4v) is 3.74. The van der Waals surface area contributed by atoms with Gasteiger partial charge in [0, 0.05) is 43.6 Å². The van der Waals surface area contributed by atoms with Gasteiger partial charge in [-0.05, 0) is 42.8 Å². The molecule has 1 fully saturated rings. The molecule has 0 saturated carbocycles. The summed E-state index contributed by atoms with van der Waals surface area (Å²) in [6.07, 6.45) is 2.75. The third kappa shape index (κ3) is 5.69. The van der Waals surface area contributed by atoms with Gasteiger partial charge in [0.25, 0.3) is 5.91 Å². The summed E-state index contributed by atoms with van der Waals surface area (Å²) in [5.74, 6) is 0.608. The molecular weight excluding hydrogens is 388 g/mol. The first-order valence-corrected chi connectivity index (χ1v) is 10.8. The van der Waals surface area contributed by atoms with Gasteiger partial charge >= 0.3 is 0 Å². The van der Waals surface area contributed by atoms with E-state index in [4.69, 9.17) is 4.74 Å². The quantitative estimate of drug-likeness (QED) is 0.597. The van der Waals surface area contributed by atoms with Crippen molar-refractivity contribution in [3.63, 3.8) is 0 Å². The van der Waals surface area contributed by atoms with Crippen LogP contribution in [0.25, 0.3) is 0 Å². The highest BCUT2D eigenvalue weighted by molar-refractivity contribution is 6.05. The van der Waals surface area contributed by atoms with Crippen LogP contribution in [-0.2, 0) is 4.74 Å². The lowest BCUT2D eigenvalue weighted by Crippen LogP contribution is -2.38. The number of pyridine rings is 1. The van der Waals surface area contributed by atoms with E-state index in [0.717, 1.165) is 57.3 Å². The van der Waals surface area contributed by atoms with Gasteiger partial charge in [-0.1, -0.05) is 36.4 Å². The Morgan fingerprint density at radius 3 is 2.42 bits per heavy atom. The van der Waals surface area contributed by atoms with Crippen LogP contribution in [0.1, 0.15) is 16.8 Å². The van der Waals surface area contributed by atoms with Crippen LogP contribution in [0.5, 0.6) is 0 Å². The molecular formula is C25H28N4O2. The number of anilines is 3. The smallest absolute Gasteiger partial charge is 0.255 e. The molecule has 0 bridgehead atoms. The van der Waals surface area contributed by atoms with Crippen molar-refractivity contribution < 1.29 is 9.53 Å². The number of nitrogens with one attached hydrogen (secondary N) is 1. The minimum atomic E-state index is -0.142. The number of carbonyl (C=O) groups excluding carboxylic acids is 1. The second-order valence-corrected chi connectivity index (χ2v) is 7.49. The molecule has 0 spiro atoms. The maximum Gasteiger partial charge on any atom is 0.255 e. The van der Waals surface area contributed by atoms with Crippen LogP contribution in [0, 0.1) is 0 Å². The number of nitrogens with zero attached hydrogens (tertiary/aromatic N) is 3. The average Bonchev–Trinajstić information content (AvgIpc) is 2.84. The number of aromatic nitrogens is 1. The average molecular weight is 417 g/mol. The van der Waals surface area contributed by atoms with Gasteiger partial charge in [0.05, 0.1) is 18.9 Å². The molecule has 1 aliphatic heterocycles. The van der Waals surface area contributed by atoms with E-state index in [1.165, 1.54) is 0 Å². The van der Waals surface area contributed by atoms with Crippen LogP contribution in [0.4, 0.5) is 17.2 Å². The molecule has 0 radical (unpaired) electrons. The summed E-state index contributed by atoms with van der Waals surface area (Å²) in [7, 11) is 0. The highest BCUT2D eigenvalue weighted by Crippen LogP contribution is 2.30. The number of amides is 1. The fraction of sp³-hybridized carbons (Fsp3) is 0.280. The van der Waals surface area contributed by atoms with Gasteiger partial charge in [-0.3, -0.25) is 9.69 Å². The first kappa shape index (κ1) is 21.0. The maximum atomic E-state index is 12.8. The van der Waals surface area contributed by atoms with E-state index in [2.05, 4.69) is 32.2 Å². The summed E-state index contributed by atoms with van der Waals surface area (Å²) in [4.78, 5) is 22.0. The van der Waals surface area contributed by atoms with Crippen molar-refractivity contribution >= 4 is 23.1 Å². The minimum absolute atomic E-state index is 0.142. The largest absolute Gasteiger partial charge is 0.379 e. The Kier molecular flexibility index (Phi) is 7.26. The summed E-state index contributed by atoms with van der Waals surface area (Å²) in [6, 6.07) is 23.2. The van der Waals surface area contributed by atoms with Crippen LogP contribution in [-0.4, -0.2) is 55.2 Å². The van der Waals surface area contributed by atoms with Crippen LogP contribution in [0.2, 0.25) is 0 Å². The van der Waals surface area contributed by atoms with Crippen LogP contribution < -0.4 is 10.2 Å². The van der Waals surface area contributed by atoms with Crippen molar-refractivity contribution in [2.75, 3.05) is 49.6 Å². The third-order valence-corrected chi connectivity index (χ3v) is 5.35. The standard InChI is InChI=1S/C25H28N4O2/c30-25(21-9-3-1-4-10-21)27-23-13-7-14-26-24(23)29(22-11-5-2-6-12-22)16-8-15-28-17-19-31-20-18-28/h1-7,9-14H,8,15-20H2,(H,27,30). The Bertz CT molecular complexity index is 960. The number of rotatable bonds is 8. The lowest BCUT2D eigenvalue weighted by atomic mass is 10.2. The summed E-state index contributed by atoms with van der Waals surface area (Å²) in [6.45, 7) is 5.37. The molecule has 0 unspecified atom stereocenters. The molecule has 6 heteroatoms. The van der Waals surface area contributed by atoms with Gasteiger partial charge in [0.1, 0.15) is 0 Å². The number of morpholine rings is 1. The zero-order valence-electron chi connectivity index (χ0n) is 17.6. The Balaban J connectivity index is 1.54. The molecule has 2 aromatic carbocycles. The van der Waals surface area contributed by atoms with E-state index in [1.807, 2.05) is 60.7 Å². The van der Waals surface area contributed by atoms with E-state index in [-0.39, 0.29) is 5.91 Å². The molecule has 1 aliphatic rings. The van der Waals surface area contributed by atoms with Gasteiger partial charge in [-0.2, -0.15) is 0 Å². The zero-order valence-corrected chi connectivity index (χ0v) is 17.6.